The maximum Gasteiger partial charge on any atom is 0.255 e. The molecule has 3 aromatic rings. The fraction of sp³-hybridized carbons (Fsp3) is 0.250. The summed E-state index contributed by atoms with van der Waals surface area (Å²) in [6.45, 7) is 2.31. The van der Waals surface area contributed by atoms with Crippen LogP contribution in [0.25, 0.3) is 0 Å². The van der Waals surface area contributed by atoms with Crippen LogP contribution in [0.2, 0.25) is 0 Å². The van der Waals surface area contributed by atoms with Gasteiger partial charge in [-0.2, -0.15) is 0 Å². The van der Waals surface area contributed by atoms with Crippen LogP contribution in [0.4, 0.5) is 0 Å². The lowest BCUT2D eigenvalue weighted by molar-refractivity contribution is -0.124. The molecule has 1 saturated carbocycles. The molecule has 2 aromatic carbocycles. The summed E-state index contributed by atoms with van der Waals surface area (Å²) in [5.74, 6) is 1.68. The van der Waals surface area contributed by atoms with Crippen molar-refractivity contribution in [1.82, 2.24) is 20.6 Å². The summed E-state index contributed by atoms with van der Waals surface area (Å²) in [5.41, 5.74) is 1.37. The molecular formula is C24H24N4O4. The van der Waals surface area contributed by atoms with Crippen LogP contribution in [0, 0.1) is 6.92 Å². The van der Waals surface area contributed by atoms with Gasteiger partial charge < -0.3 is 20.1 Å². The highest BCUT2D eigenvalue weighted by Crippen LogP contribution is 2.36. The quantitative estimate of drug-likeness (QED) is 0.567. The third-order valence-corrected chi connectivity index (χ3v) is 5.35. The predicted octanol–water partition coefficient (Wildman–Crippen LogP) is 3.16. The number of ether oxygens (including phenoxy) is 2. The van der Waals surface area contributed by atoms with Crippen LogP contribution in [0.1, 0.15) is 34.3 Å². The molecule has 0 saturated heterocycles. The molecule has 1 aliphatic carbocycles. The summed E-state index contributed by atoms with van der Waals surface area (Å²) in [6, 6.07) is 13.1. The smallest absolute Gasteiger partial charge is 0.255 e. The molecule has 4 rings (SSSR count). The van der Waals surface area contributed by atoms with Crippen LogP contribution in [-0.2, 0) is 11.3 Å². The molecule has 164 valence electrons. The van der Waals surface area contributed by atoms with Crippen LogP contribution in [0.3, 0.4) is 0 Å². The molecule has 2 amide bonds. The number of benzene rings is 2. The van der Waals surface area contributed by atoms with E-state index in [-0.39, 0.29) is 11.8 Å². The number of carbonyl (C=O) groups excluding carboxylic acids is 2. The third-order valence-electron chi connectivity index (χ3n) is 5.35. The van der Waals surface area contributed by atoms with Crippen LogP contribution in [0.5, 0.6) is 17.2 Å². The molecule has 0 aliphatic heterocycles. The number of aromatic nitrogens is 2. The first kappa shape index (κ1) is 21.3. The van der Waals surface area contributed by atoms with Crippen molar-refractivity contribution < 1.29 is 19.1 Å². The minimum absolute atomic E-state index is 0.197. The molecule has 1 aromatic heterocycles. The van der Waals surface area contributed by atoms with Crippen molar-refractivity contribution in [3.63, 3.8) is 0 Å². The lowest BCUT2D eigenvalue weighted by Gasteiger charge is -2.17. The Hall–Kier alpha value is -3.94. The SMILES string of the molecule is COc1ccc(Oc2ccc(CNC(=O)C3(NC(=O)c4cncnc4)CC3)cc2)c(C)c1. The van der Waals surface area contributed by atoms with Gasteiger partial charge in [-0.1, -0.05) is 12.1 Å². The van der Waals surface area contributed by atoms with Gasteiger partial charge in [-0.05, 0) is 61.2 Å². The van der Waals surface area contributed by atoms with Gasteiger partial charge >= 0.3 is 0 Å². The highest BCUT2D eigenvalue weighted by Gasteiger charge is 2.51. The average molecular weight is 432 g/mol. The van der Waals surface area contributed by atoms with E-state index >= 15 is 0 Å². The van der Waals surface area contributed by atoms with Crippen molar-refractivity contribution in [2.45, 2.75) is 31.8 Å². The molecule has 1 aliphatic rings. The zero-order valence-electron chi connectivity index (χ0n) is 17.9. The summed E-state index contributed by atoms with van der Waals surface area (Å²) in [7, 11) is 1.63. The predicted molar refractivity (Wildman–Crippen MR) is 118 cm³/mol. The Morgan fingerprint density at radius 2 is 1.72 bits per heavy atom. The number of hydrogen-bond acceptors (Lipinski definition) is 6. The van der Waals surface area contributed by atoms with E-state index < -0.39 is 5.54 Å². The van der Waals surface area contributed by atoms with Crippen molar-refractivity contribution in [3.8, 4) is 17.2 Å². The first-order valence-electron chi connectivity index (χ1n) is 10.3. The number of nitrogens with zero attached hydrogens (tertiary/aromatic N) is 2. The summed E-state index contributed by atoms with van der Waals surface area (Å²) >= 11 is 0. The Kier molecular flexibility index (Phi) is 6.02. The molecule has 1 fully saturated rings. The highest BCUT2D eigenvalue weighted by molar-refractivity contribution is 6.00. The standard InChI is InChI=1S/C24H24N4O4/c1-16-11-20(31-2)7-8-21(16)32-19-5-3-17(4-6-19)12-27-23(30)24(9-10-24)28-22(29)18-13-25-15-26-14-18/h3-8,11,13-15H,9-10,12H2,1-2H3,(H,27,30)(H,28,29). The van der Waals surface area contributed by atoms with E-state index in [4.69, 9.17) is 9.47 Å². The molecule has 32 heavy (non-hydrogen) atoms. The van der Waals surface area contributed by atoms with Gasteiger partial charge in [-0.25, -0.2) is 9.97 Å². The number of methoxy groups -OCH3 is 1. The van der Waals surface area contributed by atoms with Gasteiger partial charge in [0.25, 0.3) is 5.91 Å². The molecule has 1 heterocycles. The van der Waals surface area contributed by atoms with Gasteiger partial charge in [0.15, 0.2) is 0 Å². The van der Waals surface area contributed by atoms with E-state index in [0.717, 1.165) is 22.6 Å². The van der Waals surface area contributed by atoms with Crippen molar-refractivity contribution in [2.75, 3.05) is 7.11 Å². The van der Waals surface area contributed by atoms with Gasteiger partial charge in [0.1, 0.15) is 29.1 Å². The summed E-state index contributed by atoms with van der Waals surface area (Å²) in [5, 5.41) is 5.72. The zero-order valence-corrected chi connectivity index (χ0v) is 17.9. The van der Waals surface area contributed by atoms with E-state index in [1.54, 1.807) is 7.11 Å². The molecular weight excluding hydrogens is 408 g/mol. The molecule has 0 atom stereocenters. The Bertz CT molecular complexity index is 1110. The highest BCUT2D eigenvalue weighted by atomic mass is 16.5. The fourth-order valence-electron chi connectivity index (χ4n) is 3.26. The van der Waals surface area contributed by atoms with Crippen molar-refractivity contribution in [2.24, 2.45) is 0 Å². The lowest BCUT2D eigenvalue weighted by atomic mass is 10.2. The molecule has 8 nitrogen and oxygen atoms in total. The van der Waals surface area contributed by atoms with E-state index in [0.29, 0.717) is 30.7 Å². The van der Waals surface area contributed by atoms with Crippen LogP contribution < -0.4 is 20.1 Å². The topological polar surface area (TPSA) is 102 Å². The maximum absolute atomic E-state index is 12.7. The fourth-order valence-corrected chi connectivity index (χ4v) is 3.26. The summed E-state index contributed by atoms with van der Waals surface area (Å²) in [6.07, 6.45) is 5.41. The van der Waals surface area contributed by atoms with Gasteiger partial charge in [0.05, 0.1) is 12.7 Å². The molecule has 8 heteroatoms. The average Bonchev–Trinajstić information content (AvgIpc) is 3.61. The van der Waals surface area contributed by atoms with Gasteiger partial charge in [-0.3, -0.25) is 9.59 Å². The number of amides is 2. The van der Waals surface area contributed by atoms with Crippen molar-refractivity contribution >= 4 is 11.8 Å². The first-order chi connectivity index (χ1) is 15.5. The first-order valence-corrected chi connectivity index (χ1v) is 10.3. The van der Waals surface area contributed by atoms with Crippen LogP contribution in [-0.4, -0.2) is 34.4 Å². The Balaban J connectivity index is 1.31. The number of carbonyl (C=O) groups is 2. The Morgan fingerprint density at radius 1 is 1.03 bits per heavy atom. The number of aryl methyl sites for hydroxylation is 1. The number of hydrogen-bond donors (Lipinski definition) is 2. The number of rotatable bonds is 8. The van der Waals surface area contributed by atoms with E-state index in [1.807, 2.05) is 49.4 Å². The van der Waals surface area contributed by atoms with E-state index in [9.17, 15) is 9.59 Å². The molecule has 0 bridgehead atoms. The molecule has 0 unspecified atom stereocenters. The largest absolute Gasteiger partial charge is 0.497 e. The summed E-state index contributed by atoms with van der Waals surface area (Å²) < 4.78 is 11.2. The minimum Gasteiger partial charge on any atom is -0.497 e. The monoisotopic (exact) mass is 432 g/mol. The van der Waals surface area contributed by atoms with Crippen molar-refractivity contribution in [1.29, 1.82) is 0 Å². The Morgan fingerprint density at radius 3 is 2.34 bits per heavy atom. The van der Waals surface area contributed by atoms with Gasteiger partial charge in [0, 0.05) is 18.9 Å². The molecule has 2 N–H and O–H groups in total. The van der Waals surface area contributed by atoms with Crippen LogP contribution >= 0.6 is 0 Å². The second kappa shape index (κ2) is 9.05. The number of nitrogens with one attached hydrogen (secondary N) is 2. The minimum atomic E-state index is -0.859. The van der Waals surface area contributed by atoms with E-state index in [1.165, 1.54) is 18.7 Å². The van der Waals surface area contributed by atoms with Crippen molar-refractivity contribution in [3.05, 3.63) is 77.9 Å². The normalized spacial score (nSPS) is 13.7. The maximum atomic E-state index is 12.7. The third kappa shape index (κ3) is 4.85. The second-order valence-electron chi connectivity index (χ2n) is 7.72. The van der Waals surface area contributed by atoms with Gasteiger partial charge in [-0.15, -0.1) is 0 Å². The molecule has 0 radical (unpaired) electrons. The Labute approximate surface area is 186 Å². The van der Waals surface area contributed by atoms with E-state index in [2.05, 4.69) is 20.6 Å². The second-order valence-corrected chi connectivity index (χ2v) is 7.72. The summed E-state index contributed by atoms with van der Waals surface area (Å²) in [4.78, 5) is 32.7. The van der Waals surface area contributed by atoms with Crippen LogP contribution in [0.15, 0.2) is 61.2 Å². The zero-order chi connectivity index (χ0) is 22.6. The molecule has 0 spiro atoms. The lowest BCUT2D eigenvalue weighted by Crippen LogP contribution is -2.48. The van der Waals surface area contributed by atoms with Gasteiger partial charge in [0.2, 0.25) is 5.91 Å².